The second kappa shape index (κ2) is 3.48. The molecule has 4 nitrogen and oxygen atoms in total. The number of fused-ring (bicyclic) bond motifs is 1. The van der Waals surface area contributed by atoms with Gasteiger partial charge in [-0.3, -0.25) is 0 Å². The summed E-state index contributed by atoms with van der Waals surface area (Å²) in [6.45, 7) is 1.61. The van der Waals surface area contributed by atoms with Gasteiger partial charge in [0.15, 0.2) is 0 Å². The van der Waals surface area contributed by atoms with E-state index < -0.39 is 0 Å². The molecule has 0 aliphatic carbocycles. The van der Waals surface area contributed by atoms with Crippen LogP contribution in [0.25, 0.3) is 0 Å². The van der Waals surface area contributed by atoms with E-state index in [4.69, 9.17) is 5.73 Å². The lowest BCUT2D eigenvalue weighted by atomic mass is 10.2. The first-order chi connectivity index (χ1) is 7.84. The topological polar surface area (TPSA) is 55.0 Å². The van der Waals surface area contributed by atoms with Gasteiger partial charge in [-0.25, -0.2) is 9.97 Å². The van der Waals surface area contributed by atoms with Crippen LogP contribution in [0.5, 0.6) is 0 Å². The molecule has 2 heterocycles. The molecule has 0 bridgehead atoms. The van der Waals surface area contributed by atoms with Gasteiger partial charge in [0.2, 0.25) is 0 Å². The fourth-order valence-electron chi connectivity index (χ4n) is 2.02. The van der Waals surface area contributed by atoms with Gasteiger partial charge in [-0.2, -0.15) is 0 Å². The Kier molecular flexibility index (Phi) is 1.99. The quantitative estimate of drug-likeness (QED) is 0.779. The van der Waals surface area contributed by atoms with E-state index in [0.717, 1.165) is 24.3 Å². The van der Waals surface area contributed by atoms with Crippen molar-refractivity contribution in [2.24, 2.45) is 0 Å². The van der Waals surface area contributed by atoms with Crippen LogP contribution in [0.3, 0.4) is 0 Å². The van der Waals surface area contributed by atoms with Crippen LogP contribution in [0.15, 0.2) is 36.7 Å². The molecule has 0 saturated carbocycles. The third-order valence-electron chi connectivity index (χ3n) is 2.88. The zero-order chi connectivity index (χ0) is 11.0. The maximum atomic E-state index is 5.83. The third-order valence-corrected chi connectivity index (χ3v) is 2.88. The van der Waals surface area contributed by atoms with Crippen molar-refractivity contribution in [1.82, 2.24) is 9.97 Å². The number of rotatable bonds is 1. The first kappa shape index (κ1) is 9.15. The van der Waals surface area contributed by atoms with Crippen molar-refractivity contribution in [3.63, 3.8) is 0 Å². The molecule has 2 aromatic rings. The molecule has 1 aromatic heterocycles. The summed E-state index contributed by atoms with van der Waals surface area (Å²) in [5.41, 5.74) is 9.13. The minimum absolute atomic E-state index is 0.600. The smallest absolute Gasteiger partial charge is 0.132 e. The fraction of sp³-hybridized carbons (Fsp3) is 0.167. The highest BCUT2D eigenvalue weighted by Crippen LogP contribution is 2.28. The van der Waals surface area contributed by atoms with Crippen molar-refractivity contribution < 1.29 is 0 Å². The molecule has 0 radical (unpaired) electrons. The Balaban J connectivity index is 1.94. The van der Waals surface area contributed by atoms with Gasteiger partial charge in [0.1, 0.15) is 12.1 Å². The van der Waals surface area contributed by atoms with Crippen LogP contribution in [0, 0.1) is 0 Å². The number of anilines is 2. The Hall–Kier alpha value is -2.10. The van der Waals surface area contributed by atoms with Crippen molar-refractivity contribution in [3.05, 3.63) is 47.9 Å². The van der Waals surface area contributed by atoms with Crippen molar-refractivity contribution >= 4 is 11.5 Å². The Morgan fingerprint density at radius 3 is 2.62 bits per heavy atom. The highest BCUT2D eigenvalue weighted by molar-refractivity contribution is 5.54. The molecule has 0 saturated heterocycles. The predicted octanol–water partition coefficient (Wildman–Crippen LogP) is 1.58. The molecular weight excluding hydrogens is 200 g/mol. The molecule has 1 aliphatic rings. The monoisotopic (exact) mass is 212 g/mol. The number of nitrogen functional groups attached to an aromatic ring is 1. The number of hydrogen-bond acceptors (Lipinski definition) is 4. The second-order valence-corrected chi connectivity index (χ2v) is 3.88. The molecular formula is C12H12N4. The maximum Gasteiger partial charge on any atom is 0.132 e. The number of hydrogen-bond donors (Lipinski definition) is 1. The van der Waals surface area contributed by atoms with Crippen LogP contribution in [0.2, 0.25) is 0 Å². The van der Waals surface area contributed by atoms with Gasteiger partial charge in [-0.15, -0.1) is 0 Å². The van der Waals surface area contributed by atoms with Gasteiger partial charge in [0.25, 0.3) is 0 Å². The van der Waals surface area contributed by atoms with Crippen molar-refractivity contribution in [2.75, 3.05) is 10.6 Å². The van der Waals surface area contributed by atoms with Gasteiger partial charge < -0.3 is 10.6 Å². The van der Waals surface area contributed by atoms with Crippen LogP contribution in [-0.2, 0) is 13.1 Å². The SMILES string of the molecule is Nc1ncnc2c1CN(c1ccccc1)C2. The highest BCUT2D eigenvalue weighted by Gasteiger charge is 2.22. The van der Waals surface area contributed by atoms with Crippen LogP contribution in [0.4, 0.5) is 11.5 Å². The Morgan fingerprint density at radius 1 is 1.06 bits per heavy atom. The normalized spacial score (nSPS) is 13.9. The Labute approximate surface area is 93.8 Å². The molecule has 1 aromatic carbocycles. The number of nitrogens with zero attached hydrogens (tertiary/aromatic N) is 3. The van der Waals surface area contributed by atoms with Crippen LogP contribution >= 0.6 is 0 Å². The molecule has 0 atom stereocenters. The van der Waals surface area contributed by atoms with E-state index in [1.807, 2.05) is 18.2 Å². The number of benzene rings is 1. The Bertz CT molecular complexity index is 510. The maximum absolute atomic E-state index is 5.83. The summed E-state index contributed by atoms with van der Waals surface area (Å²) in [5, 5.41) is 0. The molecule has 16 heavy (non-hydrogen) atoms. The Morgan fingerprint density at radius 2 is 1.88 bits per heavy atom. The zero-order valence-electron chi connectivity index (χ0n) is 8.80. The minimum Gasteiger partial charge on any atom is -0.383 e. The molecule has 1 aliphatic heterocycles. The largest absolute Gasteiger partial charge is 0.383 e. The minimum atomic E-state index is 0.600. The van der Waals surface area contributed by atoms with E-state index in [-0.39, 0.29) is 0 Å². The number of aromatic nitrogens is 2. The average Bonchev–Trinajstić information content (AvgIpc) is 2.76. The van der Waals surface area contributed by atoms with Crippen LogP contribution in [0.1, 0.15) is 11.3 Å². The number of para-hydroxylation sites is 1. The summed E-state index contributed by atoms with van der Waals surface area (Å²) < 4.78 is 0. The average molecular weight is 212 g/mol. The van der Waals surface area contributed by atoms with Gasteiger partial charge in [-0.1, -0.05) is 18.2 Å². The summed E-state index contributed by atoms with van der Waals surface area (Å²) in [4.78, 5) is 10.5. The van der Waals surface area contributed by atoms with E-state index in [0.29, 0.717) is 5.82 Å². The molecule has 0 amide bonds. The second-order valence-electron chi connectivity index (χ2n) is 3.88. The molecule has 0 unspecified atom stereocenters. The van der Waals surface area contributed by atoms with E-state index in [2.05, 4.69) is 27.0 Å². The molecule has 0 fully saturated rings. The first-order valence-electron chi connectivity index (χ1n) is 5.23. The van der Waals surface area contributed by atoms with Crippen LogP contribution < -0.4 is 10.6 Å². The molecule has 0 spiro atoms. The fourth-order valence-corrected chi connectivity index (χ4v) is 2.02. The highest BCUT2D eigenvalue weighted by atomic mass is 15.2. The lowest BCUT2D eigenvalue weighted by Crippen LogP contribution is -2.14. The summed E-state index contributed by atoms with van der Waals surface area (Å²) >= 11 is 0. The lowest BCUT2D eigenvalue weighted by Gasteiger charge is -2.16. The van der Waals surface area contributed by atoms with Gasteiger partial charge in [0.05, 0.1) is 12.2 Å². The standard InChI is InChI=1S/C12H12N4/c13-12-10-6-16(7-11(10)14-8-15-12)9-4-2-1-3-5-9/h1-5,8H,6-7H2,(H2,13,14,15). The molecule has 4 heteroatoms. The molecule has 2 N–H and O–H groups in total. The van der Waals surface area contributed by atoms with Crippen molar-refractivity contribution in [1.29, 1.82) is 0 Å². The predicted molar refractivity (Wildman–Crippen MR) is 62.8 cm³/mol. The van der Waals surface area contributed by atoms with E-state index in [1.54, 1.807) is 0 Å². The summed E-state index contributed by atoms with van der Waals surface area (Å²) in [7, 11) is 0. The molecule has 3 rings (SSSR count). The molecule has 80 valence electrons. The summed E-state index contributed by atoms with van der Waals surface area (Å²) in [6, 6.07) is 10.3. The third kappa shape index (κ3) is 1.39. The van der Waals surface area contributed by atoms with Gasteiger partial charge in [-0.05, 0) is 12.1 Å². The van der Waals surface area contributed by atoms with E-state index in [1.165, 1.54) is 12.0 Å². The zero-order valence-corrected chi connectivity index (χ0v) is 8.80. The van der Waals surface area contributed by atoms with Crippen molar-refractivity contribution in [2.45, 2.75) is 13.1 Å². The van der Waals surface area contributed by atoms with E-state index >= 15 is 0 Å². The summed E-state index contributed by atoms with van der Waals surface area (Å²) in [6.07, 6.45) is 1.53. The lowest BCUT2D eigenvalue weighted by molar-refractivity contribution is 0.871. The number of nitrogens with two attached hydrogens (primary N) is 1. The van der Waals surface area contributed by atoms with Gasteiger partial charge >= 0.3 is 0 Å². The van der Waals surface area contributed by atoms with Crippen molar-refractivity contribution in [3.8, 4) is 0 Å². The van der Waals surface area contributed by atoms with Gasteiger partial charge in [0, 0.05) is 17.8 Å². The summed E-state index contributed by atoms with van der Waals surface area (Å²) in [5.74, 6) is 0.600. The van der Waals surface area contributed by atoms with E-state index in [9.17, 15) is 0 Å². The first-order valence-corrected chi connectivity index (χ1v) is 5.23. The van der Waals surface area contributed by atoms with Crippen LogP contribution in [-0.4, -0.2) is 9.97 Å².